The van der Waals surface area contributed by atoms with Crippen molar-refractivity contribution in [3.63, 3.8) is 0 Å². The molecule has 0 unspecified atom stereocenters. The molecule has 1 heterocycles. The van der Waals surface area contributed by atoms with E-state index in [1.54, 1.807) is 16.9 Å². The highest BCUT2D eigenvalue weighted by atomic mass is 19.1. The van der Waals surface area contributed by atoms with Crippen LogP contribution in [0.1, 0.15) is 11.1 Å². The molecule has 2 rings (SSSR count). The number of benzene rings is 1. The molecule has 3 N–H and O–H groups in total. The van der Waals surface area contributed by atoms with Crippen LogP contribution in [-0.4, -0.2) is 22.2 Å². The minimum Gasteiger partial charge on any atom is -0.490 e. The number of amidine groups is 1. The summed E-state index contributed by atoms with van der Waals surface area (Å²) in [6.45, 7) is 0.363. The first-order valence-electron chi connectivity index (χ1n) is 5.80. The summed E-state index contributed by atoms with van der Waals surface area (Å²) in [6, 6.07) is 4.24. The summed E-state index contributed by atoms with van der Waals surface area (Å²) < 4.78 is 20.7. The Hall–Kier alpha value is -2.37. The van der Waals surface area contributed by atoms with Gasteiger partial charge in [0.1, 0.15) is 5.84 Å². The molecule has 5 nitrogen and oxygen atoms in total. The molecule has 0 atom stereocenters. The minimum absolute atomic E-state index is 0.161. The fraction of sp³-hybridized carbons (Fsp3) is 0.231. The third kappa shape index (κ3) is 3.31. The number of aryl methyl sites for hydroxylation is 1. The van der Waals surface area contributed by atoms with Crippen LogP contribution in [0.15, 0.2) is 30.6 Å². The van der Waals surface area contributed by atoms with E-state index in [1.807, 2.05) is 13.2 Å². The predicted octanol–water partition coefficient (Wildman–Crippen LogP) is 1.46. The lowest BCUT2D eigenvalue weighted by molar-refractivity contribution is 0.305. The van der Waals surface area contributed by atoms with Crippen molar-refractivity contribution in [2.45, 2.75) is 6.42 Å². The molecular weight excluding hydrogens is 247 g/mol. The average Bonchev–Trinajstić information content (AvgIpc) is 2.77. The number of nitrogens with one attached hydrogen (secondary N) is 1. The highest BCUT2D eigenvalue weighted by molar-refractivity contribution is 5.95. The van der Waals surface area contributed by atoms with Crippen LogP contribution in [0, 0.1) is 11.2 Å². The molecule has 1 aromatic heterocycles. The number of hydrogen-bond acceptors (Lipinski definition) is 3. The van der Waals surface area contributed by atoms with E-state index in [0.29, 0.717) is 18.6 Å². The van der Waals surface area contributed by atoms with Crippen LogP contribution in [0.2, 0.25) is 0 Å². The summed E-state index contributed by atoms with van der Waals surface area (Å²) in [7, 11) is 1.84. The Bertz CT molecular complexity index is 594. The number of nitrogens with zero attached hydrogens (tertiary/aromatic N) is 2. The van der Waals surface area contributed by atoms with Gasteiger partial charge in [-0.3, -0.25) is 10.1 Å². The number of nitrogens with two attached hydrogens (primary N) is 1. The van der Waals surface area contributed by atoms with Gasteiger partial charge in [0.2, 0.25) is 0 Å². The molecule has 0 spiro atoms. The highest BCUT2D eigenvalue weighted by Gasteiger charge is 2.06. The molecular formula is C13H15FN4O. The molecule has 2 aromatic rings. The van der Waals surface area contributed by atoms with Gasteiger partial charge in [-0.2, -0.15) is 5.10 Å². The van der Waals surface area contributed by atoms with Crippen molar-refractivity contribution >= 4 is 5.84 Å². The fourth-order valence-corrected chi connectivity index (χ4v) is 1.67. The van der Waals surface area contributed by atoms with Crippen LogP contribution < -0.4 is 10.5 Å². The van der Waals surface area contributed by atoms with Gasteiger partial charge in [-0.25, -0.2) is 4.39 Å². The van der Waals surface area contributed by atoms with E-state index >= 15 is 0 Å². The first-order valence-corrected chi connectivity index (χ1v) is 5.80. The molecule has 0 bridgehead atoms. The maximum absolute atomic E-state index is 13.6. The molecule has 100 valence electrons. The van der Waals surface area contributed by atoms with Crippen molar-refractivity contribution in [3.05, 3.63) is 47.5 Å². The van der Waals surface area contributed by atoms with E-state index in [1.165, 1.54) is 12.1 Å². The normalized spacial score (nSPS) is 10.4. The van der Waals surface area contributed by atoms with Gasteiger partial charge < -0.3 is 10.5 Å². The standard InChI is InChI=1S/C13H15FN4O/c1-18-8-9(7-17-18)4-5-19-12-3-2-10(13(15)16)6-11(12)14/h2-3,6-8H,4-5H2,1H3,(H3,15,16). The third-order valence-electron chi connectivity index (χ3n) is 2.65. The molecule has 6 heteroatoms. The zero-order valence-corrected chi connectivity index (χ0v) is 10.6. The van der Waals surface area contributed by atoms with E-state index in [-0.39, 0.29) is 11.6 Å². The van der Waals surface area contributed by atoms with Crippen molar-refractivity contribution < 1.29 is 9.13 Å². The Labute approximate surface area is 110 Å². The zero-order valence-electron chi connectivity index (χ0n) is 10.6. The number of rotatable bonds is 5. The predicted molar refractivity (Wildman–Crippen MR) is 69.8 cm³/mol. The Morgan fingerprint density at radius 1 is 1.53 bits per heavy atom. The molecule has 0 aliphatic rings. The van der Waals surface area contributed by atoms with Gasteiger partial charge in [-0.1, -0.05) is 0 Å². The smallest absolute Gasteiger partial charge is 0.165 e. The molecule has 0 fully saturated rings. The summed E-state index contributed by atoms with van der Waals surface area (Å²) in [5.41, 5.74) is 6.65. The third-order valence-corrected chi connectivity index (χ3v) is 2.65. The van der Waals surface area contributed by atoms with Gasteiger partial charge in [-0.05, 0) is 23.8 Å². The fourth-order valence-electron chi connectivity index (χ4n) is 1.67. The van der Waals surface area contributed by atoms with Crippen LogP contribution in [0.4, 0.5) is 4.39 Å². The van der Waals surface area contributed by atoms with Crippen molar-refractivity contribution in [2.75, 3.05) is 6.61 Å². The molecule has 0 radical (unpaired) electrons. The number of nitrogen functional groups attached to an aromatic ring is 1. The summed E-state index contributed by atoms with van der Waals surface area (Å²) in [5, 5.41) is 11.3. The van der Waals surface area contributed by atoms with Gasteiger partial charge in [0.05, 0.1) is 12.8 Å². The number of halogens is 1. The maximum atomic E-state index is 13.6. The van der Waals surface area contributed by atoms with Crippen molar-refractivity contribution in [1.82, 2.24) is 9.78 Å². The Morgan fingerprint density at radius 2 is 2.32 bits per heavy atom. The topological polar surface area (TPSA) is 76.9 Å². The first-order chi connectivity index (χ1) is 9.06. The van der Waals surface area contributed by atoms with Crippen LogP contribution in [0.5, 0.6) is 5.75 Å². The molecule has 1 aromatic carbocycles. The largest absolute Gasteiger partial charge is 0.490 e. The molecule has 0 saturated carbocycles. The van der Waals surface area contributed by atoms with Crippen LogP contribution in [-0.2, 0) is 13.5 Å². The second-order valence-electron chi connectivity index (χ2n) is 4.18. The number of hydrogen-bond donors (Lipinski definition) is 2. The minimum atomic E-state index is -0.515. The van der Waals surface area contributed by atoms with Gasteiger partial charge in [0, 0.05) is 25.2 Å². The lowest BCUT2D eigenvalue weighted by Gasteiger charge is -2.07. The van der Waals surface area contributed by atoms with E-state index in [2.05, 4.69) is 5.10 Å². The summed E-state index contributed by atoms with van der Waals surface area (Å²) in [6.07, 6.45) is 4.29. The molecule has 0 amide bonds. The lowest BCUT2D eigenvalue weighted by Crippen LogP contribution is -2.11. The summed E-state index contributed by atoms with van der Waals surface area (Å²) in [4.78, 5) is 0. The second-order valence-corrected chi connectivity index (χ2v) is 4.18. The first kappa shape index (κ1) is 13.1. The van der Waals surface area contributed by atoms with Gasteiger partial charge in [0.25, 0.3) is 0 Å². The van der Waals surface area contributed by atoms with Crippen molar-refractivity contribution in [1.29, 1.82) is 5.41 Å². The van der Waals surface area contributed by atoms with Gasteiger partial charge in [0.15, 0.2) is 11.6 Å². The molecule has 0 aliphatic heterocycles. The van der Waals surface area contributed by atoms with Crippen LogP contribution in [0.3, 0.4) is 0 Å². The van der Waals surface area contributed by atoms with Crippen molar-refractivity contribution in [3.8, 4) is 5.75 Å². The monoisotopic (exact) mass is 262 g/mol. The Balaban J connectivity index is 1.94. The molecule has 19 heavy (non-hydrogen) atoms. The SMILES string of the molecule is Cn1cc(CCOc2ccc(C(=N)N)cc2F)cn1. The van der Waals surface area contributed by atoms with Gasteiger partial charge >= 0.3 is 0 Å². The summed E-state index contributed by atoms with van der Waals surface area (Å²) >= 11 is 0. The quantitative estimate of drug-likeness (QED) is 0.632. The summed E-state index contributed by atoms with van der Waals surface area (Å²) in [5.74, 6) is -0.520. The van der Waals surface area contributed by atoms with Gasteiger partial charge in [-0.15, -0.1) is 0 Å². The van der Waals surface area contributed by atoms with Crippen LogP contribution >= 0.6 is 0 Å². The Kier molecular flexibility index (Phi) is 3.79. The average molecular weight is 262 g/mol. The van der Waals surface area contributed by atoms with E-state index in [9.17, 15) is 4.39 Å². The van der Waals surface area contributed by atoms with E-state index < -0.39 is 5.82 Å². The van der Waals surface area contributed by atoms with Crippen LogP contribution in [0.25, 0.3) is 0 Å². The zero-order chi connectivity index (χ0) is 13.8. The van der Waals surface area contributed by atoms with Crippen molar-refractivity contribution in [2.24, 2.45) is 12.8 Å². The second kappa shape index (κ2) is 5.51. The van der Waals surface area contributed by atoms with E-state index in [0.717, 1.165) is 5.56 Å². The molecule has 0 saturated heterocycles. The molecule has 0 aliphatic carbocycles. The maximum Gasteiger partial charge on any atom is 0.165 e. The van der Waals surface area contributed by atoms with E-state index in [4.69, 9.17) is 15.9 Å². The lowest BCUT2D eigenvalue weighted by atomic mass is 10.2. The highest BCUT2D eigenvalue weighted by Crippen LogP contribution is 2.18. The Morgan fingerprint density at radius 3 is 2.89 bits per heavy atom. The number of ether oxygens (including phenoxy) is 1. The number of aromatic nitrogens is 2.